The lowest BCUT2D eigenvalue weighted by molar-refractivity contribution is 0.255. The van der Waals surface area contributed by atoms with Gasteiger partial charge < -0.3 is 5.32 Å². The minimum absolute atomic E-state index is 0.0372. The molecule has 0 fully saturated rings. The number of aryl methyl sites for hydroxylation is 1. The summed E-state index contributed by atoms with van der Waals surface area (Å²) < 4.78 is 0. The summed E-state index contributed by atoms with van der Waals surface area (Å²) in [5.74, 6) is 0. The smallest absolute Gasteiger partial charge is 0.306 e. The molecule has 2 aromatic rings. The van der Waals surface area contributed by atoms with Crippen LogP contribution in [-0.4, -0.2) is 12.1 Å². The van der Waals surface area contributed by atoms with Crippen molar-refractivity contribution in [2.75, 3.05) is 10.2 Å². The van der Waals surface area contributed by atoms with Crippen LogP contribution in [0.5, 0.6) is 0 Å². The molecule has 2 aromatic carbocycles. The van der Waals surface area contributed by atoms with Gasteiger partial charge in [0.1, 0.15) is 0 Å². The maximum atomic E-state index is 12.6. The van der Waals surface area contributed by atoms with E-state index in [9.17, 15) is 4.79 Å². The molecule has 0 heterocycles. The first-order chi connectivity index (χ1) is 10.0. The van der Waals surface area contributed by atoms with Crippen molar-refractivity contribution in [1.29, 1.82) is 0 Å². The summed E-state index contributed by atoms with van der Waals surface area (Å²) in [6.45, 7) is 5.88. The summed E-state index contributed by atoms with van der Waals surface area (Å²) in [4.78, 5) is 14.3. The maximum absolute atomic E-state index is 12.6. The van der Waals surface area contributed by atoms with Crippen molar-refractivity contribution in [3.63, 3.8) is 0 Å². The molecule has 0 aromatic heterocycles. The number of benzene rings is 2. The third-order valence-electron chi connectivity index (χ3n) is 3.22. The van der Waals surface area contributed by atoms with Crippen LogP contribution in [0.1, 0.15) is 19.4 Å². The molecule has 4 heteroatoms. The number of rotatable bonds is 3. The summed E-state index contributed by atoms with van der Waals surface area (Å²) in [6, 6.07) is 15.0. The second-order valence-corrected chi connectivity index (χ2v) is 5.57. The van der Waals surface area contributed by atoms with Crippen molar-refractivity contribution in [3.05, 3.63) is 59.1 Å². The fraction of sp³-hybridized carbons (Fsp3) is 0.235. The molecule has 1 N–H and O–H groups in total. The average molecular weight is 303 g/mol. The zero-order valence-electron chi connectivity index (χ0n) is 12.4. The molecule has 0 bridgehead atoms. The van der Waals surface area contributed by atoms with E-state index in [1.807, 2.05) is 63.2 Å². The Hall–Kier alpha value is -2.00. The highest BCUT2D eigenvalue weighted by Crippen LogP contribution is 2.26. The van der Waals surface area contributed by atoms with Crippen LogP contribution in [0.15, 0.2) is 48.5 Å². The summed E-state index contributed by atoms with van der Waals surface area (Å²) >= 11 is 6.17. The van der Waals surface area contributed by atoms with Gasteiger partial charge in [0.25, 0.3) is 0 Å². The van der Waals surface area contributed by atoms with E-state index in [1.165, 1.54) is 0 Å². The Kier molecular flexibility index (Phi) is 4.86. The van der Waals surface area contributed by atoms with E-state index < -0.39 is 0 Å². The van der Waals surface area contributed by atoms with Crippen molar-refractivity contribution in [1.82, 2.24) is 0 Å². The van der Waals surface area contributed by atoms with Gasteiger partial charge in [-0.15, -0.1) is 0 Å². The molecule has 0 aliphatic rings. The second-order valence-electron chi connectivity index (χ2n) is 5.16. The van der Waals surface area contributed by atoms with Crippen molar-refractivity contribution in [3.8, 4) is 0 Å². The Labute approximate surface area is 130 Å². The lowest BCUT2D eigenvalue weighted by Crippen LogP contribution is -2.40. The third-order valence-corrected chi connectivity index (χ3v) is 3.54. The Morgan fingerprint density at radius 1 is 1.10 bits per heavy atom. The fourth-order valence-corrected chi connectivity index (χ4v) is 2.46. The molecule has 3 nitrogen and oxygen atoms in total. The normalized spacial score (nSPS) is 10.5. The van der Waals surface area contributed by atoms with Crippen LogP contribution in [0.2, 0.25) is 5.02 Å². The Morgan fingerprint density at radius 2 is 1.76 bits per heavy atom. The summed E-state index contributed by atoms with van der Waals surface area (Å²) in [5.41, 5.74) is 2.45. The quantitative estimate of drug-likeness (QED) is 0.841. The van der Waals surface area contributed by atoms with E-state index in [0.717, 1.165) is 11.3 Å². The molecule has 0 saturated carbocycles. The number of hydrogen-bond donors (Lipinski definition) is 1. The van der Waals surface area contributed by atoms with Gasteiger partial charge in [0.15, 0.2) is 0 Å². The number of amides is 2. The Balaban J connectivity index is 2.29. The highest BCUT2D eigenvalue weighted by Gasteiger charge is 2.20. The number of para-hydroxylation sites is 2. The molecule has 110 valence electrons. The monoisotopic (exact) mass is 302 g/mol. The Morgan fingerprint density at radius 3 is 2.33 bits per heavy atom. The largest absolute Gasteiger partial charge is 0.326 e. The van der Waals surface area contributed by atoms with Gasteiger partial charge in [-0.05, 0) is 44.5 Å². The van der Waals surface area contributed by atoms with Crippen LogP contribution < -0.4 is 10.2 Å². The number of nitrogens with one attached hydrogen (secondary N) is 1. The minimum Gasteiger partial charge on any atom is -0.306 e. The fourth-order valence-electron chi connectivity index (χ4n) is 2.20. The first kappa shape index (κ1) is 15.4. The average Bonchev–Trinajstić information content (AvgIpc) is 2.44. The van der Waals surface area contributed by atoms with Gasteiger partial charge in [-0.2, -0.15) is 0 Å². The number of anilines is 2. The molecule has 0 spiro atoms. The number of nitrogens with zero attached hydrogens (tertiary/aromatic N) is 1. The zero-order valence-corrected chi connectivity index (χ0v) is 13.2. The van der Waals surface area contributed by atoms with E-state index in [2.05, 4.69) is 5.32 Å². The van der Waals surface area contributed by atoms with Crippen molar-refractivity contribution in [2.24, 2.45) is 0 Å². The molecule has 0 radical (unpaired) electrons. The first-order valence-corrected chi connectivity index (χ1v) is 7.29. The van der Waals surface area contributed by atoms with Gasteiger partial charge in [-0.1, -0.05) is 41.9 Å². The second kappa shape index (κ2) is 6.64. The molecule has 0 aliphatic carbocycles. The van der Waals surface area contributed by atoms with Crippen molar-refractivity contribution >= 4 is 29.0 Å². The summed E-state index contributed by atoms with van der Waals surface area (Å²) in [7, 11) is 0. The minimum atomic E-state index is -0.188. The summed E-state index contributed by atoms with van der Waals surface area (Å²) in [6.07, 6.45) is 0. The van der Waals surface area contributed by atoms with Crippen LogP contribution in [-0.2, 0) is 0 Å². The lowest BCUT2D eigenvalue weighted by Gasteiger charge is -2.27. The number of carbonyl (C=O) groups is 1. The number of halogens is 1. The topological polar surface area (TPSA) is 32.3 Å². The number of urea groups is 1. The zero-order chi connectivity index (χ0) is 15.4. The van der Waals surface area contributed by atoms with Crippen LogP contribution >= 0.6 is 11.6 Å². The van der Waals surface area contributed by atoms with Gasteiger partial charge in [0.2, 0.25) is 0 Å². The lowest BCUT2D eigenvalue weighted by atomic mass is 10.2. The molecule has 21 heavy (non-hydrogen) atoms. The molecule has 0 aliphatic heterocycles. The standard InChI is InChI=1S/C17H19ClN2O/c1-12(2)20(14-9-5-4-6-10-14)17(21)19-16-13(3)8-7-11-15(16)18/h4-12H,1-3H3,(H,19,21). The van der Waals surface area contributed by atoms with E-state index in [-0.39, 0.29) is 12.1 Å². The van der Waals surface area contributed by atoms with E-state index >= 15 is 0 Å². The van der Waals surface area contributed by atoms with Crippen LogP contribution in [0.25, 0.3) is 0 Å². The molecule has 2 amide bonds. The van der Waals surface area contributed by atoms with Crippen molar-refractivity contribution in [2.45, 2.75) is 26.8 Å². The first-order valence-electron chi connectivity index (χ1n) is 6.91. The van der Waals surface area contributed by atoms with Gasteiger partial charge in [-0.25, -0.2) is 4.79 Å². The van der Waals surface area contributed by atoms with Crippen LogP contribution in [0.4, 0.5) is 16.2 Å². The molecule has 0 unspecified atom stereocenters. The third kappa shape index (κ3) is 3.56. The molecule has 0 saturated heterocycles. The van der Waals surface area contributed by atoms with Crippen molar-refractivity contribution < 1.29 is 4.79 Å². The molecular weight excluding hydrogens is 284 g/mol. The van der Waals surface area contributed by atoms with Gasteiger partial charge in [0.05, 0.1) is 10.7 Å². The molecule has 2 rings (SSSR count). The van der Waals surface area contributed by atoms with E-state index in [4.69, 9.17) is 11.6 Å². The van der Waals surface area contributed by atoms with Gasteiger partial charge in [0, 0.05) is 11.7 Å². The number of hydrogen-bond acceptors (Lipinski definition) is 1. The number of carbonyl (C=O) groups excluding carboxylic acids is 1. The SMILES string of the molecule is Cc1cccc(Cl)c1NC(=O)N(c1ccccc1)C(C)C. The van der Waals surface area contributed by atoms with Gasteiger partial charge >= 0.3 is 6.03 Å². The van der Waals surface area contributed by atoms with Gasteiger partial charge in [-0.3, -0.25) is 4.90 Å². The Bertz CT molecular complexity index is 606. The van der Waals surface area contributed by atoms with E-state index in [0.29, 0.717) is 10.7 Å². The maximum Gasteiger partial charge on any atom is 0.326 e. The predicted octanol–water partition coefficient (Wildman–Crippen LogP) is 5.10. The highest BCUT2D eigenvalue weighted by molar-refractivity contribution is 6.34. The summed E-state index contributed by atoms with van der Waals surface area (Å²) in [5, 5.41) is 3.46. The van der Waals surface area contributed by atoms with Crippen LogP contribution in [0, 0.1) is 6.92 Å². The highest BCUT2D eigenvalue weighted by atomic mass is 35.5. The predicted molar refractivity (Wildman–Crippen MR) is 89.3 cm³/mol. The molecular formula is C17H19ClN2O. The molecule has 0 atom stereocenters. The van der Waals surface area contributed by atoms with Crippen LogP contribution in [0.3, 0.4) is 0 Å². The van der Waals surface area contributed by atoms with E-state index in [1.54, 1.807) is 11.0 Å².